The summed E-state index contributed by atoms with van der Waals surface area (Å²) in [6.07, 6.45) is 76.4. The average Bonchev–Trinajstić information content (AvgIpc) is 0.806. The van der Waals surface area contributed by atoms with Crippen molar-refractivity contribution in [3.8, 4) is 0 Å². The maximum atomic E-state index is 13.4. The van der Waals surface area contributed by atoms with E-state index in [0.29, 0.717) is 12.8 Å². The molecule has 556 valence electrons. The first-order valence-corrected chi connectivity index (χ1v) is 39.5. The molecule has 2 aliphatic rings. The minimum atomic E-state index is -1.80. The number of aliphatic hydroxyl groups is 8. The van der Waals surface area contributed by atoms with Crippen LogP contribution in [0.3, 0.4) is 0 Å². The molecule has 2 rings (SSSR count). The molecule has 14 heteroatoms. The van der Waals surface area contributed by atoms with Gasteiger partial charge in [0.25, 0.3) is 0 Å². The molecular formula is C82H145NO13. The Hall–Kier alpha value is -3.09. The summed E-state index contributed by atoms with van der Waals surface area (Å²) in [5.41, 5.74) is 0. The predicted molar refractivity (Wildman–Crippen MR) is 396 cm³/mol. The van der Waals surface area contributed by atoms with Crippen LogP contribution in [0.25, 0.3) is 0 Å². The van der Waals surface area contributed by atoms with Crippen LogP contribution in [0.1, 0.15) is 322 Å². The van der Waals surface area contributed by atoms with Gasteiger partial charge >= 0.3 is 0 Å². The quantitative estimate of drug-likeness (QED) is 0.0204. The average molecular weight is 1350 g/mol. The number of allylic oxidation sites excluding steroid dienone is 15. The van der Waals surface area contributed by atoms with Gasteiger partial charge in [0.05, 0.1) is 32.0 Å². The number of rotatable bonds is 65. The molecule has 0 aromatic carbocycles. The SMILES string of the molecule is CC/C=C\C/C=C\C/C=C\C/C=C\C/C=C\CCCCCCCCCCCCCCCCCCCCCCCCCC(=O)NC(COC1OC(CO)C(OC2OC(CO)C(O)C(O)C2O)C(O)C1O)C(O)/C=C/CC/C=C/CC/C=C/CCCCCCCCCCCCCCC. The van der Waals surface area contributed by atoms with Gasteiger partial charge in [0, 0.05) is 6.42 Å². The summed E-state index contributed by atoms with van der Waals surface area (Å²) in [6, 6.07) is -0.942. The Morgan fingerprint density at radius 1 is 0.385 bits per heavy atom. The van der Waals surface area contributed by atoms with Crippen LogP contribution in [-0.2, 0) is 23.7 Å². The number of nitrogens with one attached hydrogen (secondary N) is 1. The number of amides is 1. The van der Waals surface area contributed by atoms with Crippen LogP contribution in [-0.4, -0.2) is 140 Å². The third-order valence-corrected chi connectivity index (χ3v) is 18.7. The van der Waals surface area contributed by atoms with Gasteiger partial charge < -0.3 is 65.1 Å². The van der Waals surface area contributed by atoms with Crippen molar-refractivity contribution in [2.75, 3.05) is 19.8 Å². The minimum Gasteiger partial charge on any atom is -0.394 e. The van der Waals surface area contributed by atoms with Gasteiger partial charge in [-0.05, 0) is 89.9 Å². The van der Waals surface area contributed by atoms with E-state index in [1.807, 2.05) is 6.08 Å². The molecule has 2 fully saturated rings. The van der Waals surface area contributed by atoms with Crippen molar-refractivity contribution >= 4 is 5.91 Å². The molecule has 2 saturated heterocycles. The molecule has 12 unspecified atom stereocenters. The standard InChI is InChI=1S/C82H145NO13/c1-3-5-7-9-11-13-15-17-19-21-23-25-27-28-29-30-31-32-33-34-35-36-37-38-39-40-41-42-44-46-48-50-52-54-56-58-60-62-64-66-74(87)83-70(69-93-81-79(92)77(90)80(73(68-85)95-81)96-82-78(91)76(89)75(88)72(67-84)94-82)71(86)65-63-61-59-57-55-53-51-49-47-45-43-26-24-22-20-18-16-14-12-10-8-6-4-2/h5,7,11,13,17,19,23,25,28-29,47,49,55,57,63,65,70-73,75-82,84-86,88-92H,3-4,6,8-10,12,14-16,18,20-22,24,26-27,30-46,48,50-54,56,58-62,64,66-69H2,1-2H3,(H,83,87)/b7-5-,13-11-,19-17-,25-23-,29-28-,49-47+,57-55+,65-63+. The van der Waals surface area contributed by atoms with E-state index in [9.17, 15) is 45.6 Å². The molecule has 2 heterocycles. The Morgan fingerprint density at radius 2 is 0.729 bits per heavy atom. The smallest absolute Gasteiger partial charge is 0.220 e. The Balaban J connectivity index is 1.60. The van der Waals surface area contributed by atoms with Crippen molar-refractivity contribution in [3.05, 3.63) is 97.2 Å². The summed E-state index contributed by atoms with van der Waals surface area (Å²) in [6.45, 7) is 2.70. The van der Waals surface area contributed by atoms with Crippen LogP contribution in [0.15, 0.2) is 97.2 Å². The molecule has 2 aliphatic heterocycles. The number of carbonyl (C=O) groups is 1. The van der Waals surface area contributed by atoms with Gasteiger partial charge in [-0.3, -0.25) is 4.79 Å². The van der Waals surface area contributed by atoms with Crippen molar-refractivity contribution < 1.29 is 64.6 Å². The van der Waals surface area contributed by atoms with E-state index < -0.39 is 86.8 Å². The van der Waals surface area contributed by atoms with Gasteiger partial charge in [0.15, 0.2) is 12.6 Å². The fourth-order valence-corrected chi connectivity index (χ4v) is 12.5. The van der Waals surface area contributed by atoms with Gasteiger partial charge in [-0.25, -0.2) is 0 Å². The first kappa shape index (κ1) is 89.0. The fraction of sp³-hybridized carbons (Fsp3) is 0.793. The van der Waals surface area contributed by atoms with Crippen LogP contribution in [0.4, 0.5) is 0 Å². The topological polar surface area (TPSA) is 228 Å². The lowest BCUT2D eigenvalue weighted by Gasteiger charge is -2.46. The zero-order chi connectivity index (χ0) is 69.4. The van der Waals surface area contributed by atoms with Gasteiger partial charge in [0.2, 0.25) is 5.91 Å². The Bertz CT molecular complexity index is 1980. The van der Waals surface area contributed by atoms with Crippen molar-refractivity contribution in [3.63, 3.8) is 0 Å². The highest BCUT2D eigenvalue weighted by atomic mass is 16.7. The van der Waals surface area contributed by atoms with Crippen molar-refractivity contribution in [2.24, 2.45) is 0 Å². The second kappa shape index (κ2) is 65.2. The molecule has 9 N–H and O–H groups in total. The van der Waals surface area contributed by atoms with E-state index >= 15 is 0 Å². The number of aliphatic hydroxyl groups excluding tert-OH is 8. The number of unbranched alkanes of at least 4 members (excludes halogenated alkanes) is 38. The highest BCUT2D eigenvalue weighted by Crippen LogP contribution is 2.30. The molecular weight excluding hydrogens is 1210 g/mol. The van der Waals surface area contributed by atoms with E-state index in [-0.39, 0.29) is 18.9 Å². The van der Waals surface area contributed by atoms with Crippen molar-refractivity contribution in [1.82, 2.24) is 5.32 Å². The molecule has 0 aromatic rings. The van der Waals surface area contributed by atoms with Gasteiger partial charge in [-0.15, -0.1) is 0 Å². The Morgan fingerprint density at radius 3 is 1.15 bits per heavy atom. The molecule has 0 aliphatic carbocycles. The lowest BCUT2D eigenvalue weighted by molar-refractivity contribution is -0.359. The maximum absolute atomic E-state index is 13.4. The van der Waals surface area contributed by atoms with Crippen LogP contribution < -0.4 is 5.32 Å². The molecule has 0 radical (unpaired) electrons. The van der Waals surface area contributed by atoms with E-state index in [2.05, 4.69) is 104 Å². The van der Waals surface area contributed by atoms with Crippen LogP contribution >= 0.6 is 0 Å². The minimum absolute atomic E-state index is 0.250. The molecule has 0 aromatic heterocycles. The molecule has 1 amide bonds. The zero-order valence-electron chi connectivity index (χ0n) is 60.8. The first-order chi connectivity index (χ1) is 47.1. The maximum Gasteiger partial charge on any atom is 0.220 e. The predicted octanol–water partition coefficient (Wildman–Crippen LogP) is 17.7. The molecule has 0 saturated carbocycles. The second-order valence-electron chi connectivity index (χ2n) is 27.4. The Kier molecular flexibility index (Phi) is 60.5. The van der Waals surface area contributed by atoms with Crippen molar-refractivity contribution in [2.45, 2.75) is 396 Å². The van der Waals surface area contributed by atoms with Crippen LogP contribution in [0, 0.1) is 0 Å². The summed E-state index contributed by atoms with van der Waals surface area (Å²) in [5.74, 6) is -0.250. The normalized spacial score (nSPS) is 22.8. The first-order valence-electron chi connectivity index (χ1n) is 39.5. The molecule has 0 bridgehead atoms. The molecule has 14 nitrogen and oxygen atoms in total. The summed E-state index contributed by atoms with van der Waals surface area (Å²) < 4.78 is 22.9. The lowest BCUT2D eigenvalue weighted by atomic mass is 9.97. The summed E-state index contributed by atoms with van der Waals surface area (Å²) >= 11 is 0. The van der Waals surface area contributed by atoms with E-state index in [4.69, 9.17) is 18.9 Å². The van der Waals surface area contributed by atoms with Crippen molar-refractivity contribution in [1.29, 1.82) is 0 Å². The van der Waals surface area contributed by atoms with Gasteiger partial charge in [0.1, 0.15) is 48.8 Å². The van der Waals surface area contributed by atoms with E-state index in [0.717, 1.165) is 77.0 Å². The van der Waals surface area contributed by atoms with Crippen LogP contribution in [0.2, 0.25) is 0 Å². The Labute approximate surface area is 585 Å². The third kappa shape index (κ3) is 47.9. The fourth-order valence-electron chi connectivity index (χ4n) is 12.5. The highest BCUT2D eigenvalue weighted by molar-refractivity contribution is 5.76. The van der Waals surface area contributed by atoms with E-state index in [1.54, 1.807) is 6.08 Å². The number of ether oxygens (including phenoxy) is 4. The largest absolute Gasteiger partial charge is 0.394 e. The lowest BCUT2D eigenvalue weighted by Crippen LogP contribution is -2.65. The third-order valence-electron chi connectivity index (χ3n) is 18.7. The van der Waals surface area contributed by atoms with Gasteiger partial charge in [-0.1, -0.05) is 323 Å². The number of hydrogen-bond acceptors (Lipinski definition) is 13. The van der Waals surface area contributed by atoms with Crippen LogP contribution in [0.5, 0.6) is 0 Å². The number of carbonyl (C=O) groups excluding carboxylic acids is 1. The molecule has 0 spiro atoms. The molecule has 12 atom stereocenters. The summed E-state index contributed by atoms with van der Waals surface area (Å²) in [4.78, 5) is 13.4. The summed E-state index contributed by atoms with van der Waals surface area (Å²) in [7, 11) is 0. The van der Waals surface area contributed by atoms with Gasteiger partial charge in [-0.2, -0.15) is 0 Å². The summed E-state index contributed by atoms with van der Waals surface area (Å²) in [5, 5.41) is 87.6. The highest BCUT2D eigenvalue weighted by Gasteiger charge is 2.51. The van der Waals surface area contributed by atoms with E-state index in [1.165, 1.54) is 212 Å². The monoisotopic (exact) mass is 1350 g/mol. The molecule has 96 heavy (non-hydrogen) atoms. The number of hydrogen-bond donors (Lipinski definition) is 9. The second-order valence-corrected chi connectivity index (χ2v) is 27.4. The zero-order valence-corrected chi connectivity index (χ0v) is 60.8.